The molecule has 2 atom stereocenters. The number of hydrogen-bond acceptors (Lipinski definition) is 3. The highest BCUT2D eigenvalue weighted by Gasteiger charge is 2.27. The van der Waals surface area contributed by atoms with Crippen molar-refractivity contribution >= 4 is 17.8 Å². The maximum atomic E-state index is 13.1. The summed E-state index contributed by atoms with van der Waals surface area (Å²) < 4.78 is 0. The standard InChI is InChI=1S/C29H38N2O4/c1-2-3-4-5-6-7-8-15-20-27(32)30-25(21-23-16-11-9-12-17-23)28(33)31-26(29(34)35)22-24-18-13-10-14-19-24/h2,9-14,16-19,25-26H,1,3-8,15,20-22H2,(H,30,32)(H,31,33)(H,34,35). The average Bonchev–Trinajstić information content (AvgIpc) is 2.86. The van der Waals surface area contributed by atoms with E-state index in [0.717, 1.165) is 49.7 Å². The van der Waals surface area contributed by atoms with Crippen LogP contribution in [0.15, 0.2) is 73.3 Å². The molecular formula is C29H38N2O4. The summed E-state index contributed by atoms with van der Waals surface area (Å²) in [6.07, 6.45) is 10.1. The van der Waals surface area contributed by atoms with Gasteiger partial charge in [0.05, 0.1) is 0 Å². The van der Waals surface area contributed by atoms with Crippen molar-refractivity contribution in [2.24, 2.45) is 0 Å². The topological polar surface area (TPSA) is 95.5 Å². The summed E-state index contributed by atoms with van der Waals surface area (Å²) in [4.78, 5) is 37.5. The normalized spacial score (nSPS) is 12.3. The van der Waals surface area contributed by atoms with Crippen molar-refractivity contribution in [3.8, 4) is 0 Å². The van der Waals surface area contributed by atoms with Gasteiger partial charge in [0.15, 0.2) is 0 Å². The van der Waals surface area contributed by atoms with Crippen molar-refractivity contribution in [3.05, 3.63) is 84.4 Å². The first-order valence-electron chi connectivity index (χ1n) is 12.5. The predicted molar refractivity (Wildman–Crippen MR) is 139 cm³/mol. The number of carbonyl (C=O) groups excluding carboxylic acids is 2. The lowest BCUT2D eigenvalue weighted by molar-refractivity contribution is -0.142. The molecule has 0 saturated carbocycles. The SMILES string of the molecule is C=CCCCCCCCCC(=O)NC(Cc1ccccc1)C(=O)NC(Cc1ccccc1)C(=O)O. The van der Waals surface area contributed by atoms with Crippen LogP contribution in [0.1, 0.15) is 62.5 Å². The molecular weight excluding hydrogens is 440 g/mol. The van der Waals surface area contributed by atoms with Crippen molar-refractivity contribution < 1.29 is 19.5 Å². The van der Waals surface area contributed by atoms with E-state index in [-0.39, 0.29) is 12.3 Å². The van der Waals surface area contributed by atoms with Gasteiger partial charge in [0, 0.05) is 19.3 Å². The number of carboxylic acid groups (broad SMARTS) is 1. The number of carboxylic acids is 1. The molecule has 0 aliphatic rings. The maximum Gasteiger partial charge on any atom is 0.326 e. The van der Waals surface area contributed by atoms with Gasteiger partial charge in [-0.1, -0.05) is 92.4 Å². The summed E-state index contributed by atoms with van der Waals surface area (Å²) in [7, 11) is 0. The van der Waals surface area contributed by atoms with Crippen LogP contribution in [0.4, 0.5) is 0 Å². The van der Waals surface area contributed by atoms with E-state index < -0.39 is 24.0 Å². The first-order valence-corrected chi connectivity index (χ1v) is 12.5. The van der Waals surface area contributed by atoms with Gasteiger partial charge in [-0.2, -0.15) is 0 Å². The minimum atomic E-state index is -1.11. The van der Waals surface area contributed by atoms with Crippen LogP contribution in [0.2, 0.25) is 0 Å². The smallest absolute Gasteiger partial charge is 0.326 e. The molecule has 0 bridgehead atoms. The molecule has 6 heteroatoms. The number of unbranched alkanes of at least 4 members (excludes halogenated alkanes) is 6. The van der Waals surface area contributed by atoms with Crippen LogP contribution in [0.25, 0.3) is 0 Å². The lowest BCUT2D eigenvalue weighted by Crippen LogP contribution is -2.53. The quantitative estimate of drug-likeness (QED) is 0.224. The van der Waals surface area contributed by atoms with Crippen molar-refractivity contribution in [3.63, 3.8) is 0 Å². The Bertz CT molecular complexity index is 915. The van der Waals surface area contributed by atoms with Gasteiger partial charge in [0.2, 0.25) is 11.8 Å². The molecule has 35 heavy (non-hydrogen) atoms. The van der Waals surface area contributed by atoms with Gasteiger partial charge in [-0.25, -0.2) is 4.79 Å². The number of aliphatic carboxylic acids is 1. The van der Waals surface area contributed by atoms with Gasteiger partial charge < -0.3 is 15.7 Å². The van der Waals surface area contributed by atoms with Crippen LogP contribution in [-0.4, -0.2) is 35.0 Å². The minimum absolute atomic E-state index is 0.167. The zero-order valence-corrected chi connectivity index (χ0v) is 20.5. The summed E-state index contributed by atoms with van der Waals surface area (Å²) in [5.74, 6) is -1.80. The fourth-order valence-corrected chi connectivity index (χ4v) is 3.93. The first-order chi connectivity index (χ1) is 17.0. The molecule has 2 aromatic carbocycles. The molecule has 3 N–H and O–H groups in total. The van der Waals surface area contributed by atoms with Crippen LogP contribution in [0.5, 0.6) is 0 Å². The van der Waals surface area contributed by atoms with Gasteiger partial charge in [-0.3, -0.25) is 9.59 Å². The number of benzene rings is 2. The lowest BCUT2D eigenvalue weighted by atomic mass is 10.0. The number of rotatable bonds is 17. The van der Waals surface area contributed by atoms with Crippen molar-refractivity contribution in [2.75, 3.05) is 0 Å². The third-order valence-corrected chi connectivity index (χ3v) is 5.89. The highest BCUT2D eigenvalue weighted by atomic mass is 16.4. The number of hydrogen-bond donors (Lipinski definition) is 3. The summed E-state index contributed by atoms with van der Waals surface area (Å²) in [6, 6.07) is 16.6. The number of carbonyl (C=O) groups is 3. The van der Waals surface area contributed by atoms with Gasteiger partial charge in [-0.15, -0.1) is 6.58 Å². The van der Waals surface area contributed by atoms with E-state index in [1.54, 1.807) is 0 Å². The Hall–Kier alpha value is -3.41. The monoisotopic (exact) mass is 478 g/mol. The first kappa shape index (κ1) is 27.8. The molecule has 0 aliphatic heterocycles. The van der Waals surface area contributed by atoms with Gasteiger partial charge in [0.1, 0.15) is 12.1 Å². The largest absolute Gasteiger partial charge is 0.480 e. The van der Waals surface area contributed by atoms with E-state index in [2.05, 4.69) is 17.2 Å². The summed E-state index contributed by atoms with van der Waals surface area (Å²) in [6.45, 7) is 3.73. The van der Waals surface area contributed by atoms with Crippen LogP contribution in [0, 0.1) is 0 Å². The summed E-state index contributed by atoms with van der Waals surface area (Å²) >= 11 is 0. The molecule has 0 radical (unpaired) electrons. The van der Waals surface area contributed by atoms with E-state index in [1.165, 1.54) is 6.42 Å². The Morgan fingerprint density at radius 2 is 1.26 bits per heavy atom. The second kappa shape index (κ2) is 16.3. The van der Waals surface area contributed by atoms with E-state index in [4.69, 9.17) is 0 Å². The van der Waals surface area contributed by atoms with Gasteiger partial charge in [-0.05, 0) is 30.4 Å². The van der Waals surface area contributed by atoms with Crippen LogP contribution in [-0.2, 0) is 27.2 Å². The number of amides is 2. The molecule has 0 fully saturated rings. The molecule has 0 saturated heterocycles. The molecule has 2 aromatic rings. The Labute approximate surface area is 208 Å². The van der Waals surface area contributed by atoms with Gasteiger partial charge >= 0.3 is 5.97 Å². The molecule has 188 valence electrons. The molecule has 0 heterocycles. The Kier molecular flexibility index (Phi) is 12.9. The van der Waals surface area contributed by atoms with Crippen LogP contribution < -0.4 is 10.6 Å². The third kappa shape index (κ3) is 11.5. The molecule has 2 rings (SSSR count). The Morgan fingerprint density at radius 1 is 0.743 bits per heavy atom. The summed E-state index contributed by atoms with van der Waals surface area (Å²) in [5.41, 5.74) is 1.70. The number of allylic oxidation sites excluding steroid dienone is 1. The third-order valence-electron chi connectivity index (χ3n) is 5.89. The Morgan fingerprint density at radius 3 is 1.80 bits per heavy atom. The highest BCUT2D eigenvalue weighted by Crippen LogP contribution is 2.10. The highest BCUT2D eigenvalue weighted by molar-refractivity contribution is 5.90. The molecule has 0 aliphatic carbocycles. The van der Waals surface area contributed by atoms with E-state index >= 15 is 0 Å². The molecule has 6 nitrogen and oxygen atoms in total. The number of nitrogens with one attached hydrogen (secondary N) is 2. The minimum Gasteiger partial charge on any atom is -0.480 e. The zero-order chi connectivity index (χ0) is 25.3. The molecule has 2 unspecified atom stereocenters. The van der Waals surface area contributed by atoms with Crippen LogP contribution >= 0.6 is 0 Å². The zero-order valence-electron chi connectivity index (χ0n) is 20.5. The fraction of sp³-hybridized carbons (Fsp3) is 0.414. The van der Waals surface area contributed by atoms with Crippen LogP contribution in [0.3, 0.4) is 0 Å². The lowest BCUT2D eigenvalue weighted by Gasteiger charge is -2.22. The van der Waals surface area contributed by atoms with E-state index in [0.29, 0.717) is 12.8 Å². The van der Waals surface area contributed by atoms with Gasteiger partial charge in [0.25, 0.3) is 0 Å². The second-order valence-corrected chi connectivity index (χ2v) is 8.85. The maximum absolute atomic E-state index is 13.1. The van der Waals surface area contributed by atoms with E-state index in [9.17, 15) is 19.5 Å². The molecule has 0 spiro atoms. The summed E-state index contributed by atoms with van der Waals surface area (Å²) in [5, 5.41) is 15.1. The molecule has 2 amide bonds. The predicted octanol–water partition coefficient (Wildman–Crippen LogP) is 4.83. The average molecular weight is 479 g/mol. The van der Waals surface area contributed by atoms with E-state index in [1.807, 2.05) is 66.7 Å². The Balaban J connectivity index is 1.93. The molecule has 0 aromatic heterocycles. The second-order valence-electron chi connectivity index (χ2n) is 8.85. The van der Waals surface area contributed by atoms with Crippen molar-refractivity contribution in [2.45, 2.75) is 76.3 Å². The fourth-order valence-electron chi connectivity index (χ4n) is 3.93. The van der Waals surface area contributed by atoms with Crippen molar-refractivity contribution in [1.29, 1.82) is 0 Å². The van der Waals surface area contributed by atoms with Crippen molar-refractivity contribution in [1.82, 2.24) is 10.6 Å².